The van der Waals surface area contributed by atoms with E-state index < -0.39 is 12.1 Å². The molecule has 0 aromatic heterocycles. The van der Waals surface area contributed by atoms with Crippen LogP contribution in [0, 0.1) is 20.8 Å². The molecule has 0 fully saturated rings. The molecule has 5 heteroatoms. The van der Waals surface area contributed by atoms with Crippen molar-refractivity contribution in [2.75, 3.05) is 12.4 Å². The predicted molar refractivity (Wildman–Crippen MR) is 97.2 cm³/mol. The molecule has 0 saturated carbocycles. The normalized spacial score (nSPS) is 11.6. The molecule has 0 unspecified atom stereocenters. The van der Waals surface area contributed by atoms with E-state index in [1.54, 1.807) is 19.1 Å². The Morgan fingerprint density at radius 3 is 2.28 bits per heavy atom. The predicted octanol–water partition coefficient (Wildman–Crippen LogP) is 3.80. The Kier molecular flexibility index (Phi) is 5.80. The first-order valence-corrected chi connectivity index (χ1v) is 8.05. The zero-order chi connectivity index (χ0) is 18.6. The van der Waals surface area contributed by atoms with Crippen molar-refractivity contribution in [3.63, 3.8) is 0 Å². The van der Waals surface area contributed by atoms with Crippen LogP contribution in [0.3, 0.4) is 0 Å². The largest absolute Gasteiger partial charge is 0.496 e. The summed E-state index contributed by atoms with van der Waals surface area (Å²) in [5.74, 6) is -0.562. The molecular formula is C20H23NO4. The average Bonchev–Trinajstić information content (AvgIpc) is 2.57. The van der Waals surface area contributed by atoms with Crippen LogP contribution < -0.4 is 10.1 Å². The fourth-order valence-corrected chi connectivity index (χ4v) is 2.45. The number of aryl methyl sites for hydroxylation is 3. The van der Waals surface area contributed by atoms with Crippen LogP contribution in [0.25, 0.3) is 0 Å². The number of carbonyl (C=O) groups is 2. The molecule has 1 atom stereocenters. The number of nitrogens with one attached hydrogen (secondary N) is 1. The zero-order valence-electron chi connectivity index (χ0n) is 15.2. The van der Waals surface area contributed by atoms with Crippen LogP contribution in [-0.4, -0.2) is 25.1 Å². The van der Waals surface area contributed by atoms with E-state index in [2.05, 4.69) is 5.32 Å². The van der Waals surface area contributed by atoms with Crippen LogP contribution in [0.1, 0.15) is 34.0 Å². The van der Waals surface area contributed by atoms with Crippen molar-refractivity contribution in [2.45, 2.75) is 33.8 Å². The summed E-state index contributed by atoms with van der Waals surface area (Å²) in [5.41, 5.74) is 3.97. The molecule has 0 spiro atoms. The number of benzene rings is 2. The van der Waals surface area contributed by atoms with Gasteiger partial charge in [0.15, 0.2) is 6.10 Å². The highest BCUT2D eigenvalue weighted by atomic mass is 16.5. The van der Waals surface area contributed by atoms with Gasteiger partial charge in [0, 0.05) is 5.69 Å². The first kappa shape index (κ1) is 18.5. The second-order valence-corrected chi connectivity index (χ2v) is 6.06. The van der Waals surface area contributed by atoms with Crippen LogP contribution in [0.4, 0.5) is 5.69 Å². The highest BCUT2D eigenvalue weighted by molar-refractivity contribution is 5.98. The van der Waals surface area contributed by atoms with Gasteiger partial charge in [-0.05, 0) is 51.5 Å². The number of amides is 1. The maximum absolute atomic E-state index is 12.4. The van der Waals surface area contributed by atoms with Gasteiger partial charge in [-0.2, -0.15) is 0 Å². The monoisotopic (exact) mass is 341 g/mol. The van der Waals surface area contributed by atoms with Crippen molar-refractivity contribution in [1.29, 1.82) is 0 Å². The van der Waals surface area contributed by atoms with Crippen molar-refractivity contribution in [3.05, 3.63) is 58.7 Å². The molecule has 0 heterocycles. The lowest BCUT2D eigenvalue weighted by Crippen LogP contribution is -2.30. The second-order valence-electron chi connectivity index (χ2n) is 6.06. The third kappa shape index (κ3) is 4.59. The van der Waals surface area contributed by atoms with E-state index in [1.165, 1.54) is 7.11 Å². The fourth-order valence-electron chi connectivity index (χ4n) is 2.45. The number of hydrogen-bond donors (Lipinski definition) is 1. The summed E-state index contributed by atoms with van der Waals surface area (Å²) in [6.45, 7) is 7.31. The first-order chi connectivity index (χ1) is 11.8. The molecule has 2 aromatic carbocycles. The highest BCUT2D eigenvalue weighted by Gasteiger charge is 2.22. The lowest BCUT2D eigenvalue weighted by molar-refractivity contribution is -0.123. The first-order valence-electron chi connectivity index (χ1n) is 8.05. The van der Waals surface area contributed by atoms with Gasteiger partial charge in [-0.15, -0.1) is 0 Å². The molecular weight excluding hydrogens is 318 g/mol. The number of ether oxygens (including phenoxy) is 2. The van der Waals surface area contributed by atoms with Crippen molar-refractivity contribution in [2.24, 2.45) is 0 Å². The number of rotatable bonds is 5. The van der Waals surface area contributed by atoms with E-state index in [9.17, 15) is 9.59 Å². The number of esters is 1. The zero-order valence-corrected chi connectivity index (χ0v) is 15.2. The number of hydrogen-bond acceptors (Lipinski definition) is 4. The SMILES string of the molecule is COc1ccc(C)cc1C(=O)O[C@H](C)C(=O)Nc1ccc(C)cc1C. The van der Waals surface area contributed by atoms with E-state index >= 15 is 0 Å². The number of carbonyl (C=O) groups excluding carboxylic acids is 2. The number of anilines is 1. The standard InChI is InChI=1S/C20H23NO4/c1-12-6-8-17(14(3)10-12)21-19(22)15(4)25-20(23)16-11-13(2)7-9-18(16)24-5/h6-11,15H,1-5H3,(H,21,22)/t15-/m1/s1. The van der Waals surface area contributed by atoms with Crippen molar-refractivity contribution < 1.29 is 19.1 Å². The lowest BCUT2D eigenvalue weighted by atomic mass is 10.1. The minimum atomic E-state index is -0.932. The van der Waals surface area contributed by atoms with E-state index in [0.717, 1.165) is 16.7 Å². The molecule has 1 amide bonds. The van der Waals surface area contributed by atoms with Gasteiger partial charge >= 0.3 is 5.97 Å². The smallest absolute Gasteiger partial charge is 0.342 e. The maximum atomic E-state index is 12.4. The van der Waals surface area contributed by atoms with Crippen LogP contribution in [-0.2, 0) is 9.53 Å². The number of methoxy groups -OCH3 is 1. The molecule has 25 heavy (non-hydrogen) atoms. The van der Waals surface area contributed by atoms with Gasteiger partial charge in [0.05, 0.1) is 7.11 Å². The van der Waals surface area contributed by atoms with E-state index in [4.69, 9.17) is 9.47 Å². The minimum absolute atomic E-state index is 0.300. The molecule has 0 aliphatic carbocycles. The van der Waals surface area contributed by atoms with Gasteiger partial charge < -0.3 is 14.8 Å². The van der Waals surface area contributed by atoms with Gasteiger partial charge in [0.25, 0.3) is 5.91 Å². The Bertz CT molecular complexity index is 798. The quantitative estimate of drug-likeness (QED) is 0.840. The third-order valence-corrected chi connectivity index (χ3v) is 3.87. The average molecular weight is 341 g/mol. The Morgan fingerprint density at radius 2 is 1.64 bits per heavy atom. The molecule has 0 aliphatic heterocycles. The minimum Gasteiger partial charge on any atom is -0.496 e. The topological polar surface area (TPSA) is 64.6 Å². The summed E-state index contributed by atoms with van der Waals surface area (Å²) < 4.78 is 10.5. The molecule has 2 rings (SSSR count). The van der Waals surface area contributed by atoms with Gasteiger partial charge in [-0.3, -0.25) is 4.79 Å². The molecule has 0 saturated heterocycles. The van der Waals surface area contributed by atoms with E-state index in [0.29, 0.717) is 17.0 Å². The van der Waals surface area contributed by atoms with Crippen LogP contribution in [0.15, 0.2) is 36.4 Å². The van der Waals surface area contributed by atoms with Gasteiger partial charge in [0.2, 0.25) is 0 Å². The molecule has 0 bridgehead atoms. The third-order valence-electron chi connectivity index (χ3n) is 3.87. The molecule has 0 radical (unpaired) electrons. The molecule has 2 aromatic rings. The van der Waals surface area contributed by atoms with E-state index in [-0.39, 0.29) is 5.91 Å². The highest BCUT2D eigenvalue weighted by Crippen LogP contribution is 2.21. The Balaban J connectivity index is 2.08. The summed E-state index contributed by atoms with van der Waals surface area (Å²) >= 11 is 0. The Morgan fingerprint density at radius 1 is 1.00 bits per heavy atom. The van der Waals surface area contributed by atoms with Gasteiger partial charge in [-0.1, -0.05) is 29.3 Å². The van der Waals surface area contributed by atoms with Crippen LogP contribution in [0.5, 0.6) is 5.75 Å². The summed E-state index contributed by atoms with van der Waals surface area (Å²) in [6.07, 6.45) is -0.932. The van der Waals surface area contributed by atoms with E-state index in [1.807, 2.05) is 45.0 Å². The summed E-state index contributed by atoms with van der Waals surface area (Å²) in [4.78, 5) is 24.7. The van der Waals surface area contributed by atoms with Crippen molar-refractivity contribution in [3.8, 4) is 5.75 Å². The Hall–Kier alpha value is -2.82. The summed E-state index contributed by atoms with van der Waals surface area (Å²) in [7, 11) is 1.48. The molecule has 5 nitrogen and oxygen atoms in total. The lowest BCUT2D eigenvalue weighted by Gasteiger charge is -2.16. The second kappa shape index (κ2) is 7.83. The van der Waals surface area contributed by atoms with Crippen LogP contribution in [0.2, 0.25) is 0 Å². The molecule has 1 N–H and O–H groups in total. The van der Waals surface area contributed by atoms with Crippen LogP contribution >= 0.6 is 0 Å². The fraction of sp³-hybridized carbons (Fsp3) is 0.300. The summed E-state index contributed by atoms with van der Waals surface area (Å²) in [5, 5.41) is 2.79. The van der Waals surface area contributed by atoms with Crippen molar-refractivity contribution >= 4 is 17.6 Å². The van der Waals surface area contributed by atoms with Crippen molar-refractivity contribution in [1.82, 2.24) is 0 Å². The maximum Gasteiger partial charge on any atom is 0.342 e. The molecule has 132 valence electrons. The molecule has 0 aliphatic rings. The Labute approximate surface area is 148 Å². The van der Waals surface area contributed by atoms with Gasteiger partial charge in [0.1, 0.15) is 11.3 Å². The summed E-state index contributed by atoms with van der Waals surface area (Å²) in [6, 6.07) is 10.9. The van der Waals surface area contributed by atoms with Gasteiger partial charge in [-0.25, -0.2) is 4.79 Å².